The molecular formula is C35H31F2NO5S. The SMILES string of the molecule is CC(C)(C)OC(=O)C[C@@H](Cc1cccc(-c2cn(S(=O)(=O)c3ccccc3)c3ccccc23)c1)C(=O)c1c(F)cccc1F. The first-order chi connectivity index (χ1) is 20.8. The standard InChI is InChI=1S/C35H31F2NO5S/c1-35(2,3)43-32(39)21-25(34(40)33-29(36)16-10-17-30(33)37)20-23-11-9-12-24(19-23)28-22-38(31-18-8-7-15-27(28)31)44(41,42)26-13-5-4-6-14-26/h4-19,22,25H,20-21H2,1-3H3/t25-/m1/s1. The van der Waals surface area contributed by atoms with E-state index in [2.05, 4.69) is 0 Å². The van der Waals surface area contributed by atoms with Gasteiger partial charge in [0.05, 0.1) is 22.4 Å². The van der Waals surface area contributed by atoms with E-state index in [1.165, 1.54) is 22.2 Å². The number of hydrogen-bond donors (Lipinski definition) is 0. The van der Waals surface area contributed by atoms with Crippen LogP contribution in [-0.2, 0) is 26.0 Å². The minimum Gasteiger partial charge on any atom is -0.460 e. The average Bonchev–Trinajstić information content (AvgIpc) is 3.37. The highest BCUT2D eigenvalue weighted by Gasteiger charge is 2.30. The van der Waals surface area contributed by atoms with Crippen molar-refractivity contribution in [3.63, 3.8) is 0 Å². The summed E-state index contributed by atoms with van der Waals surface area (Å²) in [6.45, 7) is 5.07. The normalized spacial score (nSPS) is 12.7. The fourth-order valence-corrected chi connectivity index (χ4v) is 6.60. The average molecular weight is 616 g/mol. The maximum atomic E-state index is 14.6. The lowest BCUT2D eigenvalue weighted by Crippen LogP contribution is -2.29. The molecule has 9 heteroatoms. The lowest BCUT2D eigenvalue weighted by molar-refractivity contribution is -0.155. The van der Waals surface area contributed by atoms with Crippen LogP contribution in [0.4, 0.5) is 8.78 Å². The van der Waals surface area contributed by atoms with Gasteiger partial charge in [-0.3, -0.25) is 9.59 Å². The molecule has 6 nitrogen and oxygen atoms in total. The Morgan fingerprint density at radius 1 is 0.841 bits per heavy atom. The Labute approximate surface area is 255 Å². The zero-order valence-electron chi connectivity index (χ0n) is 24.5. The third-order valence-corrected chi connectivity index (χ3v) is 8.80. The van der Waals surface area contributed by atoms with E-state index in [1.807, 2.05) is 18.2 Å². The number of ketones is 1. The van der Waals surface area contributed by atoms with Gasteiger partial charge in [-0.1, -0.05) is 66.7 Å². The maximum Gasteiger partial charge on any atom is 0.307 e. The van der Waals surface area contributed by atoms with Gasteiger partial charge in [-0.2, -0.15) is 0 Å². The van der Waals surface area contributed by atoms with E-state index in [-0.39, 0.29) is 17.7 Å². The third kappa shape index (κ3) is 6.48. The van der Waals surface area contributed by atoms with E-state index in [0.29, 0.717) is 27.6 Å². The second kappa shape index (κ2) is 12.2. The Morgan fingerprint density at radius 3 is 2.16 bits per heavy atom. The topological polar surface area (TPSA) is 82.4 Å². The largest absolute Gasteiger partial charge is 0.460 e. The number of halogens is 2. The quantitative estimate of drug-likeness (QED) is 0.126. The van der Waals surface area contributed by atoms with E-state index >= 15 is 0 Å². The Balaban J connectivity index is 1.54. The van der Waals surface area contributed by atoms with Gasteiger partial charge in [0, 0.05) is 23.1 Å². The van der Waals surface area contributed by atoms with Gasteiger partial charge in [0.15, 0.2) is 5.78 Å². The van der Waals surface area contributed by atoms with Gasteiger partial charge in [0.1, 0.15) is 17.2 Å². The molecule has 0 fully saturated rings. The summed E-state index contributed by atoms with van der Waals surface area (Å²) in [6.07, 6.45) is 1.16. The van der Waals surface area contributed by atoms with Crippen molar-refractivity contribution in [3.8, 4) is 11.1 Å². The van der Waals surface area contributed by atoms with Crippen LogP contribution < -0.4 is 0 Å². The Morgan fingerprint density at radius 2 is 1.48 bits per heavy atom. The van der Waals surface area contributed by atoms with Crippen LogP contribution in [0.1, 0.15) is 43.1 Å². The number of aromatic nitrogens is 1. The van der Waals surface area contributed by atoms with Gasteiger partial charge in [-0.25, -0.2) is 21.2 Å². The van der Waals surface area contributed by atoms with Crippen LogP contribution >= 0.6 is 0 Å². The van der Waals surface area contributed by atoms with E-state index in [9.17, 15) is 26.8 Å². The second-order valence-electron chi connectivity index (χ2n) is 11.5. The smallest absolute Gasteiger partial charge is 0.307 e. The number of rotatable bonds is 9. The van der Waals surface area contributed by atoms with E-state index in [4.69, 9.17) is 4.74 Å². The summed E-state index contributed by atoms with van der Waals surface area (Å²) in [5.41, 5.74) is 0.890. The Hall–Kier alpha value is -4.63. The van der Waals surface area contributed by atoms with Crippen molar-refractivity contribution in [2.75, 3.05) is 0 Å². The predicted molar refractivity (Wildman–Crippen MR) is 165 cm³/mol. The minimum absolute atomic E-state index is 0.0132. The molecule has 5 rings (SSSR count). The van der Waals surface area contributed by atoms with Gasteiger partial charge in [0.2, 0.25) is 0 Å². The zero-order valence-corrected chi connectivity index (χ0v) is 25.3. The molecule has 0 N–H and O–H groups in total. The van der Waals surface area contributed by atoms with Crippen LogP contribution in [0, 0.1) is 17.6 Å². The van der Waals surface area contributed by atoms with Crippen LogP contribution in [0.25, 0.3) is 22.0 Å². The van der Waals surface area contributed by atoms with E-state index in [1.54, 1.807) is 75.5 Å². The highest BCUT2D eigenvalue weighted by Crippen LogP contribution is 2.34. The molecule has 1 aromatic heterocycles. The van der Waals surface area contributed by atoms with E-state index in [0.717, 1.165) is 12.1 Å². The van der Waals surface area contributed by atoms with Gasteiger partial charge < -0.3 is 4.74 Å². The van der Waals surface area contributed by atoms with Crippen molar-refractivity contribution in [2.45, 2.75) is 44.1 Å². The van der Waals surface area contributed by atoms with Crippen LogP contribution in [0.5, 0.6) is 0 Å². The number of Topliss-reactive ketones (excluding diaryl/α,β-unsaturated/α-hetero) is 1. The number of benzene rings is 4. The first kappa shape index (κ1) is 30.8. The number of carbonyl (C=O) groups is 2. The molecule has 0 amide bonds. The second-order valence-corrected chi connectivity index (χ2v) is 13.3. The molecule has 0 aliphatic carbocycles. The summed E-state index contributed by atoms with van der Waals surface area (Å²) in [6, 6.07) is 25.5. The first-order valence-corrected chi connectivity index (χ1v) is 15.5. The molecule has 226 valence electrons. The fraction of sp³-hybridized carbons (Fsp3) is 0.200. The van der Waals surface area contributed by atoms with Crippen molar-refractivity contribution in [2.24, 2.45) is 5.92 Å². The Kier molecular flexibility index (Phi) is 8.52. The number of fused-ring (bicyclic) bond motifs is 1. The third-order valence-electron chi connectivity index (χ3n) is 7.11. The van der Waals surface area contributed by atoms with Crippen LogP contribution in [0.15, 0.2) is 108 Å². The van der Waals surface area contributed by atoms with Crippen molar-refractivity contribution >= 4 is 32.7 Å². The molecular weight excluding hydrogens is 584 g/mol. The number of para-hydroxylation sites is 1. The molecule has 0 radical (unpaired) electrons. The van der Waals surface area contributed by atoms with Crippen molar-refractivity contribution in [1.29, 1.82) is 0 Å². The predicted octanol–water partition coefficient (Wildman–Crippen LogP) is 7.60. The van der Waals surface area contributed by atoms with Crippen LogP contribution in [0.3, 0.4) is 0 Å². The summed E-state index contributed by atoms with van der Waals surface area (Å²) in [4.78, 5) is 26.4. The molecule has 0 saturated carbocycles. The molecule has 44 heavy (non-hydrogen) atoms. The molecule has 1 heterocycles. The summed E-state index contributed by atoms with van der Waals surface area (Å²) in [5.74, 6) is -4.65. The molecule has 0 saturated heterocycles. The molecule has 0 aliphatic rings. The summed E-state index contributed by atoms with van der Waals surface area (Å²) in [7, 11) is -3.91. The summed E-state index contributed by atoms with van der Waals surface area (Å²) < 4.78 is 63.1. The van der Waals surface area contributed by atoms with Gasteiger partial charge in [-0.05, 0) is 68.7 Å². The number of hydrogen-bond acceptors (Lipinski definition) is 5. The molecule has 0 unspecified atom stereocenters. The molecule has 0 bridgehead atoms. The zero-order chi connectivity index (χ0) is 31.6. The molecule has 1 atom stereocenters. The van der Waals surface area contributed by atoms with E-state index < -0.39 is 50.5 Å². The van der Waals surface area contributed by atoms with Crippen LogP contribution in [-0.4, -0.2) is 29.7 Å². The Bertz CT molecular complexity index is 1940. The molecule has 5 aromatic rings. The number of ether oxygens (including phenoxy) is 1. The van der Waals surface area contributed by atoms with Crippen LogP contribution in [0.2, 0.25) is 0 Å². The van der Waals surface area contributed by atoms with Gasteiger partial charge >= 0.3 is 5.97 Å². The summed E-state index contributed by atoms with van der Waals surface area (Å²) >= 11 is 0. The van der Waals surface area contributed by atoms with Crippen molar-refractivity contribution in [3.05, 3.63) is 126 Å². The maximum absolute atomic E-state index is 14.6. The molecule has 0 aliphatic heterocycles. The lowest BCUT2D eigenvalue weighted by Gasteiger charge is -2.22. The highest BCUT2D eigenvalue weighted by molar-refractivity contribution is 7.90. The number of nitrogens with zero attached hydrogens (tertiary/aromatic N) is 1. The first-order valence-electron chi connectivity index (χ1n) is 14.1. The van der Waals surface area contributed by atoms with Crippen molar-refractivity contribution < 1.29 is 31.5 Å². The number of carbonyl (C=O) groups excluding carboxylic acids is 2. The van der Waals surface area contributed by atoms with Gasteiger partial charge in [0.25, 0.3) is 10.0 Å². The lowest BCUT2D eigenvalue weighted by atomic mass is 9.87. The molecule has 0 spiro atoms. The highest BCUT2D eigenvalue weighted by atomic mass is 32.2. The minimum atomic E-state index is -3.91. The monoisotopic (exact) mass is 615 g/mol. The van der Waals surface area contributed by atoms with Gasteiger partial charge in [-0.15, -0.1) is 0 Å². The van der Waals surface area contributed by atoms with Crippen molar-refractivity contribution in [1.82, 2.24) is 3.97 Å². The number of esters is 1. The summed E-state index contributed by atoms with van der Waals surface area (Å²) in [5, 5.41) is 0.693. The fourth-order valence-electron chi connectivity index (χ4n) is 5.21. The molecule has 4 aromatic carbocycles.